The molecule has 1 saturated carbocycles. The van der Waals surface area contributed by atoms with Crippen molar-refractivity contribution in [1.29, 1.82) is 0 Å². The predicted octanol–water partition coefficient (Wildman–Crippen LogP) is 6.22. The first-order valence-electron chi connectivity index (χ1n) is 9.90. The number of hydrogen-bond donors (Lipinski definition) is 2. The lowest BCUT2D eigenvalue weighted by atomic mass is 9.61. The number of benzene rings is 2. The Morgan fingerprint density at radius 1 is 0.846 bits per heavy atom. The minimum Gasteiger partial charge on any atom is -0.507 e. The van der Waals surface area contributed by atoms with E-state index in [1.165, 1.54) is 30.4 Å². The Labute approximate surface area is 157 Å². The van der Waals surface area contributed by atoms with E-state index in [4.69, 9.17) is 0 Å². The second kappa shape index (κ2) is 6.98. The summed E-state index contributed by atoms with van der Waals surface area (Å²) in [5.41, 5.74) is 6.39. The lowest BCUT2D eigenvalue weighted by molar-refractivity contribution is 0.251. The van der Waals surface area contributed by atoms with E-state index in [0.717, 1.165) is 35.1 Å². The molecular formula is C24H32O2. The molecule has 1 atom stereocenters. The molecule has 0 aliphatic heterocycles. The van der Waals surface area contributed by atoms with Crippen LogP contribution >= 0.6 is 0 Å². The molecule has 1 aliphatic rings. The molecular weight excluding hydrogens is 320 g/mol. The monoisotopic (exact) mass is 352 g/mol. The summed E-state index contributed by atoms with van der Waals surface area (Å²) in [5.74, 6) is 1.53. The highest BCUT2D eigenvalue weighted by atomic mass is 16.3. The molecule has 140 valence electrons. The van der Waals surface area contributed by atoms with Gasteiger partial charge in [-0.25, -0.2) is 0 Å². The van der Waals surface area contributed by atoms with Crippen molar-refractivity contribution in [3.8, 4) is 11.5 Å². The number of hydrogen-bond acceptors (Lipinski definition) is 2. The van der Waals surface area contributed by atoms with Crippen LogP contribution in [0, 0.1) is 33.6 Å². The quantitative estimate of drug-likeness (QED) is 0.688. The van der Waals surface area contributed by atoms with Gasteiger partial charge in [-0.05, 0) is 79.8 Å². The molecule has 1 fully saturated rings. The minimum absolute atomic E-state index is 0.0363. The number of aryl methyl sites for hydroxylation is 4. The summed E-state index contributed by atoms with van der Waals surface area (Å²) >= 11 is 0. The fourth-order valence-electron chi connectivity index (χ4n) is 4.89. The van der Waals surface area contributed by atoms with Crippen molar-refractivity contribution in [3.05, 3.63) is 57.6 Å². The summed E-state index contributed by atoms with van der Waals surface area (Å²) in [6, 6.07) is 8.71. The Bertz CT molecular complexity index is 715. The van der Waals surface area contributed by atoms with Gasteiger partial charge >= 0.3 is 0 Å². The molecule has 0 bridgehead atoms. The summed E-state index contributed by atoms with van der Waals surface area (Å²) in [6.07, 6.45) is 5.97. The average Bonchev–Trinajstić information content (AvgIpc) is 2.63. The zero-order valence-electron chi connectivity index (χ0n) is 16.8. The topological polar surface area (TPSA) is 40.5 Å². The van der Waals surface area contributed by atoms with Gasteiger partial charge in [0.15, 0.2) is 0 Å². The first-order valence-corrected chi connectivity index (χ1v) is 9.90. The highest BCUT2D eigenvalue weighted by Crippen LogP contribution is 2.49. The second-order valence-corrected chi connectivity index (χ2v) is 8.37. The summed E-state index contributed by atoms with van der Waals surface area (Å²) in [4.78, 5) is 0. The van der Waals surface area contributed by atoms with Crippen LogP contribution in [0.1, 0.15) is 72.4 Å². The Hall–Kier alpha value is -1.96. The predicted molar refractivity (Wildman–Crippen MR) is 108 cm³/mol. The van der Waals surface area contributed by atoms with Gasteiger partial charge in [-0.1, -0.05) is 50.5 Å². The summed E-state index contributed by atoms with van der Waals surface area (Å²) in [5, 5.41) is 20.5. The normalized spacial score (nSPS) is 19.5. The van der Waals surface area contributed by atoms with Crippen LogP contribution in [0.5, 0.6) is 11.5 Å². The molecule has 2 aromatic carbocycles. The second-order valence-electron chi connectivity index (χ2n) is 8.37. The van der Waals surface area contributed by atoms with Gasteiger partial charge in [0.05, 0.1) is 0 Å². The minimum atomic E-state index is -0.0363. The van der Waals surface area contributed by atoms with Gasteiger partial charge in [-0.3, -0.25) is 0 Å². The van der Waals surface area contributed by atoms with Crippen LogP contribution in [0.15, 0.2) is 24.3 Å². The zero-order valence-corrected chi connectivity index (χ0v) is 16.8. The SMILES string of the molecule is CCC1CCCC(c2cc(C)c(O)c(C)c2)(c2cc(C)c(O)c(C)c2)C1. The Morgan fingerprint density at radius 3 is 1.65 bits per heavy atom. The highest BCUT2D eigenvalue weighted by molar-refractivity contribution is 5.52. The molecule has 0 radical (unpaired) electrons. The first-order chi connectivity index (χ1) is 12.3. The lowest BCUT2D eigenvalue weighted by Crippen LogP contribution is -2.34. The van der Waals surface area contributed by atoms with Gasteiger partial charge in [0.2, 0.25) is 0 Å². The van der Waals surface area contributed by atoms with Crippen molar-refractivity contribution in [2.45, 2.75) is 72.1 Å². The van der Waals surface area contributed by atoms with Crippen molar-refractivity contribution in [3.63, 3.8) is 0 Å². The Kier molecular flexibility index (Phi) is 5.05. The van der Waals surface area contributed by atoms with Gasteiger partial charge < -0.3 is 10.2 Å². The maximum absolute atomic E-state index is 10.3. The zero-order chi connectivity index (χ0) is 19.1. The third kappa shape index (κ3) is 3.11. The van der Waals surface area contributed by atoms with Crippen LogP contribution in [0.3, 0.4) is 0 Å². The van der Waals surface area contributed by atoms with Crippen molar-refractivity contribution in [2.75, 3.05) is 0 Å². The molecule has 3 rings (SSSR count). The maximum atomic E-state index is 10.3. The molecule has 0 saturated heterocycles. The molecule has 2 heteroatoms. The van der Waals surface area contributed by atoms with Gasteiger partial charge in [0.25, 0.3) is 0 Å². The third-order valence-corrected chi connectivity index (χ3v) is 6.52. The summed E-state index contributed by atoms with van der Waals surface area (Å²) < 4.78 is 0. The van der Waals surface area contributed by atoms with Crippen LogP contribution in [0.2, 0.25) is 0 Å². The molecule has 2 N–H and O–H groups in total. The fraction of sp³-hybridized carbons (Fsp3) is 0.500. The van der Waals surface area contributed by atoms with E-state index in [0.29, 0.717) is 17.4 Å². The Morgan fingerprint density at radius 2 is 1.27 bits per heavy atom. The molecule has 1 unspecified atom stereocenters. The van der Waals surface area contributed by atoms with Crippen LogP contribution < -0.4 is 0 Å². The van der Waals surface area contributed by atoms with E-state index in [9.17, 15) is 10.2 Å². The number of rotatable bonds is 3. The molecule has 0 aromatic heterocycles. The standard InChI is InChI=1S/C24H32O2/c1-6-19-8-7-9-24(14-19,20-10-15(2)22(25)16(3)11-20)21-12-17(4)23(26)18(5)13-21/h10-13,19,25-26H,6-9,14H2,1-5H3. The number of phenolic OH excluding ortho intramolecular Hbond substituents is 2. The van der Waals surface area contributed by atoms with Crippen molar-refractivity contribution in [1.82, 2.24) is 0 Å². The van der Waals surface area contributed by atoms with Gasteiger partial charge in [-0.2, -0.15) is 0 Å². The molecule has 1 aliphatic carbocycles. The number of aromatic hydroxyl groups is 2. The largest absolute Gasteiger partial charge is 0.507 e. The van der Waals surface area contributed by atoms with Crippen LogP contribution in [-0.2, 0) is 5.41 Å². The molecule has 0 spiro atoms. The van der Waals surface area contributed by atoms with E-state index >= 15 is 0 Å². The van der Waals surface area contributed by atoms with Crippen molar-refractivity contribution >= 4 is 0 Å². The first kappa shape index (κ1) is 18.8. The van der Waals surface area contributed by atoms with E-state index in [1.54, 1.807) is 0 Å². The molecule has 0 amide bonds. The maximum Gasteiger partial charge on any atom is 0.121 e. The molecule has 26 heavy (non-hydrogen) atoms. The summed E-state index contributed by atoms with van der Waals surface area (Å²) in [6.45, 7) is 10.3. The van der Waals surface area contributed by atoms with E-state index < -0.39 is 0 Å². The summed E-state index contributed by atoms with van der Waals surface area (Å²) in [7, 11) is 0. The Balaban J connectivity index is 2.24. The molecule has 2 aromatic rings. The fourth-order valence-corrected chi connectivity index (χ4v) is 4.89. The van der Waals surface area contributed by atoms with Crippen LogP contribution in [0.4, 0.5) is 0 Å². The lowest BCUT2D eigenvalue weighted by Gasteiger charge is -2.43. The molecule has 0 heterocycles. The third-order valence-electron chi connectivity index (χ3n) is 6.52. The van der Waals surface area contributed by atoms with Crippen LogP contribution in [0.25, 0.3) is 0 Å². The van der Waals surface area contributed by atoms with E-state index in [2.05, 4.69) is 31.2 Å². The number of phenols is 2. The van der Waals surface area contributed by atoms with E-state index in [1.807, 2.05) is 27.7 Å². The van der Waals surface area contributed by atoms with Gasteiger partial charge in [-0.15, -0.1) is 0 Å². The molecule has 2 nitrogen and oxygen atoms in total. The van der Waals surface area contributed by atoms with Gasteiger partial charge in [0, 0.05) is 5.41 Å². The smallest absolute Gasteiger partial charge is 0.121 e. The van der Waals surface area contributed by atoms with Crippen molar-refractivity contribution in [2.24, 2.45) is 5.92 Å². The highest BCUT2D eigenvalue weighted by Gasteiger charge is 2.39. The average molecular weight is 353 g/mol. The van der Waals surface area contributed by atoms with E-state index in [-0.39, 0.29) is 5.41 Å². The van der Waals surface area contributed by atoms with Gasteiger partial charge in [0.1, 0.15) is 11.5 Å². The van der Waals surface area contributed by atoms with Crippen molar-refractivity contribution < 1.29 is 10.2 Å². The van der Waals surface area contributed by atoms with Crippen LogP contribution in [-0.4, -0.2) is 10.2 Å².